The predicted molar refractivity (Wildman–Crippen MR) is 95.6 cm³/mol. The maximum atomic E-state index is 12.3. The van der Waals surface area contributed by atoms with Gasteiger partial charge in [0.25, 0.3) is 0 Å². The summed E-state index contributed by atoms with van der Waals surface area (Å²) in [6.07, 6.45) is 7.45. The Bertz CT molecular complexity index is 787. The minimum absolute atomic E-state index is 0.287. The molecule has 0 bridgehead atoms. The van der Waals surface area contributed by atoms with Crippen molar-refractivity contribution >= 4 is 11.7 Å². The Labute approximate surface area is 152 Å². The molecule has 3 aliphatic rings. The molecule has 5 rings (SSSR count). The molecule has 0 radical (unpaired) electrons. The maximum absolute atomic E-state index is 12.3. The first-order chi connectivity index (χ1) is 12.8. The zero-order chi connectivity index (χ0) is 17.5. The molecule has 2 aliphatic carbocycles. The number of carbonyl (C=O) groups is 1. The molecule has 0 unspecified atom stereocenters. The third-order valence-corrected chi connectivity index (χ3v) is 5.74. The lowest BCUT2D eigenvalue weighted by molar-refractivity contribution is -0.138. The van der Waals surface area contributed by atoms with Crippen LogP contribution in [0.15, 0.2) is 22.9 Å². The highest BCUT2D eigenvalue weighted by Gasteiger charge is 2.32. The molecule has 3 fully saturated rings. The van der Waals surface area contributed by atoms with Gasteiger partial charge in [-0.05, 0) is 37.8 Å². The van der Waals surface area contributed by atoms with Crippen LogP contribution in [0.2, 0.25) is 0 Å². The van der Waals surface area contributed by atoms with Gasteiger partial charge >= 0.3 is 0 Å². The van der Waals surface area contributed by atoms with E-state index >= 15 is 0 Å². The molecule has 7 heteroatoms. The summed E-state index contributed by atoms with van der Waals surface area (Å²) in [6.45, 7) is 3.24. The van der Waals surface area contributed by atoms with Crippen molar-refractivity contribution in [2.24, 2.45) is 5.92 Å². The highest BCUT2D eigenvalue weighted by atomic mass is 16.5. The summed E-state index contributed by atoms with van der Waals surface area (Å²) >= 11 is 0. The van der Waals surface area contributed by atoms with Gasteiger partial charge in [0.15, 0.2) is 0 Å². The van der Waals surface area contributed by atoms with Crippen LogP contribution < -0.4 is 4.90 Å². The molecule has 3 heterocycles. The average molecular weight is 353 g/mol. The summed E-state index contributed by atoms with van der Waals surface area (Å²) in [7, 11) is 0. The average Bonchev–Trinajstić information content (AvgIpc) is 3.38. The lowest BCUT2D eigenvalue weighted by Crippen LogP contribution is -2.51. The van der Waals surface area contributed by atoms with E-state index in [1.807, 2.05) is 23.2 Å². The van der Waals surface area contributed by atoms with Gasteiger partial charge in [0.1, 0.15) is 5.82 Å². The van der Waals surface area contributed by atoms with E-state index in [0.29, 0.717) is 17.6 Å². The number of amides is 1. The number of rotatable bonds is 4. The van der Waals surface area contributed by atoms with Crippen molar-refractivity contribution in [3.05, 3.63) is 24.2 Å². The summed E-state index contributed by atoms with van der Waals surface area (Å²) < 4.78 is 5.32. The molecule has 0 N–H and O–H groups in total. The van der Waals surface area contributed by atoms with Gasteiger partial charge in [-0.2, -0.15) is 4.98 Å². The summed E-state index contributed by atoms with van der Waals surface area (Å²) in [5, 5.41) is 4.07. The van der Waals surface area contributed by atoms with Gasteiger partial charge in [-0.25, -0.2) is 4.98 Å². The van der Waals surface area contributed by atoms with Crippen molar-refractivity contribution in [2.75, 3.05) is 31.1 Å². The molecule has 0 spiro atoms. The second kappa shape index (κ2) is 6.37. The van der Waals surface area contributed by atoms with Crippen LogP contribution in [0, 0.1) is 5.92 Å². The monoisotopic (exact) mass is 353 g/mol. The zero-order valence-corrected chi connectivity index (χ0v) is 14.8. The highest BCUT2D eigenvalue weighted by molar-refractivity contribution is 5.79. The lowest BCUT2D eigenvalue weighted by Gasteiger charge is -2.38. The Morgan fingerprint density at radius 3 is 2.50 bits per heavy atom. The summed E-state index contributed by atoms with van der Waals surface area (Å²) in [5.41, 5.74) is 0.878. The number of hydrogen-bond donors (Lipinski definition) is 0. The van der Waals surface area contributed by atoms with E-state index in [-0.39, 0.29) is 5.92 Å². The number of aromatic nitrogens is 3. The van der Waals surface area contributed by atoms with Crippen LogP contribution in [0.4, 0.5) is 5.82 Å². The topological polar surface area (TPSA) is 75.4 Å². The van der Waals surface area contributed by atoms with Crippen LogP contribution in [-0.4, -0.2) is 52.1 Å². The van der Waals surface area contributed by atoms with Crippen LogP contribution in [0.5, 0.6) is 0 Å². The van der Waals surface area contributed by atoms with E-state index in [9.17, 15) is 4.79 Å². The van der Waals surface area contributed by atoms with Gasteiger partial charge in [0.2, 0.25) is 17.6 Å². The smallest absolute Gasteiger partial charge is 0.230 e. The number of pyridine rings is 1. The first kappa shape index (κ1) is 15.8. The van der Waals surface area contributed by atoms with Gasteiger partial charge in [0, 0.05) is 49.8 Å². The van der Waals surface area contributed by atoms with E-state index in [2.05, 4.69) is 20.0 Å². The minimum Gasteiger partial charge on any atom is -0.353 e. The molecule has 2 aromatic rings. The molecule has 1 aliphatic heterocycles. The fraction of sp³-hybridized carbons (Fsp3) is 0.579. The lowest BCUT2D eigenvalue weighted by atomic mass is 9.84. The SMILES string of the molecule is O=C(C1CCC1)N1CCN(c2ccc(-c3noc(C4CC4)n3)cn2)CC1. The van der Waals surface area contributed by atoms with Gasteiger partial charge in [-0.1, -0.05) is 11.6 Å². The van der Waals surface area contributed by atoms with E-state index in [1.165, 1.54) is 6.42 Å². The first-order valence-electron chi connectivity index (χ1n) is 9.62. The molecule has 0 aromatic carbocycles. The highest BCUT2D eigenvalue weighted by Crippen LogP contribution is 2.39. The molecule has 26 heavy (non-hydrogen) atoms. The summed E-state index contributed by atoms with van der Waals surface area (Å²) in [6, 6.07) is 4.00. The van der Waals surface area contributed by atoms with Crippen molar-refractivity contribution in [3.63, 3.8) is 0 Å². The fourth-order valence-corrected chi connectivity index (χ4v) is 3.62. The second-order valence-corrected chi connectivity index (χ2v) is 7.58. The molecular formula is C19H23N5O2. The van der Waals surface area contributed by atoms with Crippen molar-refractivity contribution in [2.45, 2.75) is 38.0 Å². The molecule has 1 saturated heterocycles. The predicted octanol–water partition coefficient (Wildman–Crippen LogP) is 2.46. The molecule has 0 atom stereocenters. The Morgan fingerprint density at radius 1 is 1.08 bits per heavy atom. The fourth-order valence-electron chi connectivity index (χ4n) is 3.62. The number of anilines is 1. The van der Waals surface area contributed by atoms with E-state index < -0.39 is 0 Å². The largest absolute Gasteiger partial charge is 0.353 e. The Morgan fingerprint density at radius 2 is 1.88 bits per heavy atom. The van der Waals surface area contributed by atoms with Crippen LogP contribution in [0.1, 0.15) is 43.9 Å². The molecule has 136 valence electrons. The maximum Gasteiger partial charge on any atom is 0.230 e. The van der Waals surface area contributed by atoms with Crippen LogP contribution in [0.25, 0.3) is 11.4 Å². The van der Waals surface area contributed by atoms with E-state index in [0.717, 1.165) is 69.1 Å². The quantitative estimate of drug-likeness (QED) is 0.840. The summed E-state index contributed by atoms with van der Waals surface area (Å²) in [4.78, 5) is 25.7. The van der Waals surface area contributed by atoms with Gasteiger partial charge in [0.05, 0.1) is 0 Å². The Balaban J connectivity index is 1.21. The van der Waals surface area contributed by atoms with Crippen molar-refractivity contribution in [1.82, 2.24) is 20.0 Å². The van der Waals surface area contributed by atoms with Crippen LogP contribution in [0.3, 0.4) is 0 Å². The molecule has 2 aromatic heterocycles. The van der Waals surface area contributed by atoms with Crippen molar-refractivity contribution in [3.8, 4) is 11.4 Å². The molecule has 2 saturated carbocycles. The first-order valence-corrected chi connectivity index (χ1v) is 9.62. The number of carbonyl (C=O) groups excluding carboxylic acids is 1. The third-order valence-electron chi connectivity index (χ3n) is 5.74. The van der Waals surface area contributed by atoms with Gasteiger partial charge < -0.3 is 14.3 Å². The molecular weight excluding hydrogens is 330 g/mol. The Kier molecular flexibility index (Phi) is 3.87. The second-order valence-electron chi connectivity index (χ2n) is 7.58. The standard InChI is InChI=1S/C19H23N5O2/c25-19(14-2-1-3-14)24-10-8-23(9-11-24)16-7-6-15(12-20-16)17-21-18(26-22-17)13-4-5-13/h6-7,12-14H,1-5,8-11H2. The van der Waals surface area contributed by atoms with Gasteiger partial charge in [-0.3, -0.25) is 4.79 Å². The third kappa shape index (κ3) is 2.95. The van der Waals surface area contributed by atoms with Crippen LogP contribution >= 0.6 is 0 Å². The number of nitrogens with zero attached hydrogens (tertiary/aromatic N) is 5. The zero-order valence-electron chi connectivity index (χ0n) is 14.8. The van der Waals surface area contributed by atoms with Crippen molar-refractivity contribution in [1.29, 1.82) is 0 Å². The minimum atomic E-state index is 0.287. The summed E-state index contributed by atoms with van der Waals surface area (Å²) in [5.74, 6) is 3.40. The molecule has 7 nitrogen and oxygen atoms in total. The molecule has 1 amide bonds. The van der Waals surface area contributed by atoms with E-state index in [4.69, 9.17) is 4.52 Å². The van der Waals surface area contributed by atoms with Gasteiger partial charge in [-0.15, -0.1) is 0 Å². The van der Waals surface area contributed by atoms with E-state index in [1.54, 1.807) is 0 Å². The van der Waals surface area contributed by atoms with Crippen molar-refractivity contribution < 1.29 is 9.32 Å². The number of hydrogen-bond acceptors (Lipinski definition) is 6. The normalized spacial score (nSPS) is 20.9. The van der Waals surface area contributed by atoms with Crippen LogP contribution in [-0.2, 0) is 4.79 Å². The Hall–Kier alpha value is -2.44. The number of piperazine rings is 1.